The molecule has 0 aliphatic rings. The van der Waals surface area contributed by atoms with Gasteiger partial charge in [-0.05, 0) is 57.8 Å². The molecule has 0 rings (SSSR count). The molecule has 0 aromatic rings. The van der Waals surface area contributed by atoms with Gasteiger partial charge in [-0.2, -0.15) is 0 Å². The second-order valence-electron chi connectivity index (χ2n) is 21.0. The molecule has 0 aromatic carbocycles. The first-order valence-corrected chi connectivity index (χ1v) is 30.6. The molecule has 0 spiro atoms. The number of amides is 1. The summed E-state index contributed by atoms with van der Waals surface area (Å²) in [5, 5.41) is 23.0. The largest absolute Gasteiger partial charge is 0.466 e. The first kappa shape index (κ1) is 66.3. The van der Waals surface area contributed by atoms with Crippen molar-refractivity contribution in [1.82, 2.24) is 5.32 Å². The number of esters is 1. The molecule has 2 atom stereocenters. The Labute approximate surface area is 424 Å². The number of unbranched alkanes of at least 4 members (excludes halogenated alkanes) is 44. The third-order valence-corrected chi connectivity index (χ3v) is 14.2. The summed E-state index contributed by atoms with van der Waals surface area (Å²) in [6.07, 6.45) is 70.9. The van der Waals surface area contributed by atoms with Gasteiger partial charge < -0.3 is 20.3 Å². The lowest BCUT2D eigenvalue weighted by atomic mass is 10.0. The molecule has 2 unspecified atom stereocenters. The van der Waals surface area contributed by atoms with Gasteiger partial charge in [0, 0.05) is 12.8 Å². The molecule has 0 aromatic heterocycles. The predicted molar refractivity (Wildman–Crippen MR) is 296 cm³/mol. The van der Waals surface area contributed by atoms with E-state index < -0.39 is 12.1 Å². The number of aliphatic hydroxyl groups excluding tert-OH is 2. The molecule has 0 saturated heterocycles. The summed E-state index contributed by atoms with van der Waals surface area (Å²) in [7, 11) is 0. The van der Waals surface area contributed by atoms with E-state index in [2.05, 4.69) is 31.3 Å². The highest BCUT2D eigenvalue weighted by Gasteiger charge is 2.18. The van der Waals surface area contributed by atoms with Crippen molar-refractivity contribution in [2.24, 2.45) is 0 Å². The molecular formula is C62H119NO5. The smallest absolute Gasteiger partial charge is 0.305 e. The van der Waals surface area contributed by atoms with Crippen molar-refractivity contribution in [2.75, 3.05) is 13.2 Å². The summed E-state index contributed by atoms with van der Waals surface area (Å²) in [4.78, 5) is 24.4. The van der Waals surface area contributed by atoms with Crippen molar-refractivity contribution in [2.45, 2.75) is 347 Å². The number of carbonyl (C=O) groups is 2. The summed E-state index contributed by atoms with van der Waals surface area (Å²) in [6, 6.07) is -0.625. The van der Waals surface area contributed by atoms with Crippen molar-refractivity contribution in [3.05, 3.63) is 24.3 Å². The molecule has 6 heteroatoms. The van der Waals surface area contributed by atoms with Gasteiger partial charge in [-0.3, -0.25) is 9.59 Å². The molecule has 0 fully saturated rings. The summed E-state index contributed by atoms with van der Waals surface area (Å²) < 4.78 is 5.47. The average molecular weight is 959 g/mol. The van der Waals surface area contributed by atoms with Crippen LogP contribution in [0, 0.1) is 0 Å². The van der Waals surface area contributed by atoms with Crippen LogP contribution in [0.15, 0.2) is 24.3 Å². The van der Waals surface area contributed by atoms with Gasteiger partial charge in [0.05, 0.1) is 25.4 Å². The Hall–Kier alpha value is -1.66. The van der Waals surface area contributed by atoms with E-state index in [0.29, 0.717) is 19.4 Å². The SMILES string of the molecule is CCCCCCCCCC/C=C/C(O)C(CO)NC(=O)CCCCCCCCCCCCCCC/C=C\CCCCCCCCCCCCCCOC(=O)CCCCCCCCCCCCCC. The predicted octanol–water partition coefficient (Wildman–Crippen LogP) is 19.0. The first-order valence-electron chi connectivity index (χ1n) is 30.6. The lowest BCUT2D eigenvalue weighted by Crippen LogP contribution is -2.45. The molecule has 1 amide bonds. The maximum atomic E-state index is 12.4. The summed E-state index contributed by atoms with van der Waals surface area (Å²) in [5.41, 5.74) is 0. The minimum Gasteiger partial charge on any atom is -0.466 e. The van der Waals surface area contributed by atoms with E-state index in [1.54, 1.807) is 6.08 Å². The minimum absolute atomic E-state index is 0.0169. The van der Waals surface area contributed by atoms with Crippen molar-refractivity contribution in [1.29, 1.82) is 0 Å². The van der Waals surface area contributed by atoms with Crippen LogP contribution in [0.4, 0.5) is 0 Å². The molecule has 0 heterocycles. The summed E-state index contributed by atoms with van der Waals surface area (Å²) in [5.74, 6) is -0.0513. The number of ether oxygens (including phenoxy) is 1. The third kappa shape index (κ3) is 53.7. The zero-order valence-electron chi connectivity index (χ0n) is 45.9. The van der Waals surface area contributed by atoms with Gasteiger partial charge in [0.1, 0.15) is 0 Å². The van der Waals surface area contributed by atoms with Crippen LogP contribution in [0.5, 0.6) is 0 Å². The fourth-order valence-electron chi connectivity index (χ4n) is 9.51. The lowest BCUT2D eigenvalue weighted by molar-refractivity contribution is -0.143. The van der Waals surface area contributed by atoms with E-state index in [-0.39, 0.29) is 18.5 Å². The number of rotatable bonds is 57. The van der Waals surface area contributed by atoms with E-state index in [1.807, 2.05) is 6.08 Å². The molecular weight excluding hydrogens is 839 g/mol. The minimum atomic E-state index is -0.841. The van der Waals surface area contributed by atoms with Gasteiger partial charge in [-0.15, -0.1) is 0 Å². The number of nitrogens with one attached hydrogen (secondary N) is 1. The maximum absolute atomic E-state index is 12.4. The van der Waals surface area contributed by atoms with E-state index in [9.17, 15) is 19.8 Å². The standard InChI is InChI=1S/C62H119NO5/c1-3-5-7-9-11-13-15-36-40-44-48-52-56-62(67)68-57-53-49-45-41-37-34-32-30-28-26-24-22-20-18-16-17-19-21-23-25-27-29-31-33-35-39-43-47-51-55-61(66)63-59(58-64)60(65)54-50-46-42-38-14-12-10-8-6-4-2/h16,18,50,54,59-60,64-65H,3-15,17,19-49,51-53,55-58H2,1-2H3,(H,63,66)/b18-16-,54-50+. The number of hydrogen-bond acceptors (Lipinski definition) is 5. The molecule has 68 heavy (non-hydrogen) atoms. The Morgan fingerprint density at radius 2 is 0.691 bits per heavy atom. The lowest BCUT2D eigenvalue weighted by Gasteiger charge is -2.20. The Morgan fingerprint density at radius 3 is 1.04 bits per heavy atom. The molecule has 402 valence electrons. The molecule has 6 nitrogen and oxygen atoms in total. The highest BCUT2D eigenvalue weighted by Crippen LogP contribution is 2.17. The van der Waals surface area contributed by atoms with Crippen LogP contribution in [-0.2, 0) is 14.3 Å². The normalized spacial score (nSPS) is 12.7. The average Bonchev–Trinajstić information content (AvgIpc) is 3.34. The van der Waals surface area contributed by atoms with Crippen LogP contribution >= 0.6 is 0 Å². The molecule has 0 bridgehead atoms. The van der Waals surface area contributed by atoms with Crippen LogP contribution in [0.2, 0.25) is 0 Å². The summed E-state index contributed by atoms with van der Waals surface area (Å²) >= 11 is 0. The van der Waals surface area contributed by atoms with Gasteiger partial charge >= 0.3 is 5.97 Å². The molecule has 0 aliphatic heterocycles. The van der Waals surface area contributed by atoms with Gasteiger partial charge in [-0.25, -0.2) is 0 Å². The number of carbonyl (C=O) groups excluding carboxylic acids is 2. The van der Waals surface area contributed by atoms with Crippen molar-refractivity contribution >= 4 is 11.9 Å². The molecule has 0 aliphatic carbocycles. The van der Waals surface area contributed by atoms with Crippen LogP contribution in [-0.4, -0.2) is 47.4 Å². The van der Waals surface area contributed by atoms with E-state index in [1.165, 1.54) is 270 Å². The van der Waals surface area contributed by atoms with Gasteiger partial charge in [0.15, 0.2) is 0 Å². The quantitative estimate of drug-likeness (QED) is 0.0321. The van der Waals surface area contributed by atoms with Gasteiger partial charge in [0.25, 0.3) is 0 Å². The Bertz CT molecular complexity index is 1060. The van der Waals surface area contributed by atoms with E-state index >= 15 is 0 Å². The fraction of sp³-hybridized carbons (Fsp3) is 0.903. The second-order valence-corrected chi connectivity index (χ2v) is 21.0. The van der Waals surface area contributed by atoms with E-state index in [0.717, 1.165) is 38.5 Å². The Balaban J connectivity index is 3.36. The number of aliphatic hydroxyl groups is 2. The van der Waals surface area contributed by atoms with Crippen LogP contribution in [0.25, 0.3) is 0 Å². The van der Waals surface area contributed by atoms with Gasteiger partial charge in [0.2, 0.25) is 5.91 Å². The summed E-state index contributed by atoms with van der Waals surface area (Å²) in [6.45, 7) is 4.90. The zero-order chi connectivity index (χ0) is 49.3. The van der Waals surface area contributed by atoms with Gasteiger partial charge in [-0.1, -0.05) is 289 Å². The van der Waals surface area contributed by atoms with E-state index in [4.69, 9.17) is 4.74 Å². The maximum Gasteiger partial charge on any atom is 0.305 e. The Morgan fingerprint density at radius 1 is 0.397 bits per heavy atom. The number of hydrogen-bond donors (Lipinski definition) is 3. The first-order chi connectivity index (χ1) is 33.5. The van der Waals surface area contributed by atoms with Crippen LogP contribution < -0.4 is 5.32 Å². The molecule has 3 N–H and O–H groups in total. The van der Waals surface area contributed by atoms with Crippen LogP contribution in [0.1, 0.15) is 335 Å². The highest BCUT2D eigenvalue weighted by atomic mass is 16.5. The van der Waals surface area contributed by atoms with Crippen molar-refractivity contribution in [3.63, 3.8) is 0 Å². The Kier molecular flexibility index (Phi) is 56.5. The zero-order valence-corrected chi connectivity index (χ0v) is 45.9. The van der Waals surface area contributed by atoms with Crippen molar-refractivity contribution < 1.29 is 24.5 Å². The monoisotopic (exact) mass is 958 g/mol. The van der Waals surface area contributed by atoms with Crippen LogP contribution in [0.3, 0.4) is 0 Å². The highest BCUT2D eigenvalue weighted by molar-refractivity contribution is 5.76. The molecule has 0 saturated carbocycles. The second kappa shape index (κ2) is 57.9. The molecule has 0 radical (unpaired) electrons. The third-order valence-electron chi connectivity index (χ3n) is 14.2. The fourth-order valence-corrected chi connectivity index (χ4v) is 9.51. The number of allylic oxidation sites excluding steroid dienone is 3. The topological polar surface area (TPSA) is 95.9 Å². The van der Waals surface area contributed by atoms with Crippen molar-refractivity contribution in [3.8, 4) is 0 Å².